The van der Waals surface area contributed by atoms with E-state index in [2.05, 4.69) is 0 Å². The molecule has 0 N–H and O–H groups in total. The number of Topliss-reactive ketones (excluding diaryl/α,β-unsaturated/α-hetero) is 1. The molecule has 0 heterocycles. The van der Waals surface area contributed by atoms with E-state index in [-0.39, 0.29) is 18.8 Å². The molecule has 0 fully saturated rings. The summed E-state index contributed by atoms with van der Waals surface area (Å²) in [6.45, 7) is 0.611. The summed E-state index contributed by atoms with van der Waals surface area (Å²) in [5.74, 6) is -0.371. The van der Waals surface area contributed by atoms with Crippen molar-refractivity contribution >= 4 is 15.9 Å². The fraction of sp³-hybridized carbons (Fsp3) is 0.278. The summed E-state index contributed by atoms with van der Waals surface area (Å²) in [4.78, 5) is 12.4. The molecule has 0 aromatic heterocycles. The first-order valence-electron chi connectivity index (χ1n) is 7.55. The van der Waals surface area contributed by atoms with Crippen LogP contribution in [0.2, 0.25) is 0 Å². The molecule has 0 amide bonds. The monoisotopic (exact) mass is 348 g/mol. The van der Waals surface area contributed by atoms with Gasteiger partial charge in [0.15, 0.2) is 5.78 Å². The highest BCUT2D eigenvalue weighted by atomic mass is 32.2. The molecule has 0 bridgehead atoms. The van der Waals surface area contributed by atoms with Gasteiger partial charge in [0.1, 0.15) is 6.10 Å². The molecule has 0 saturated heterocycles. The van der Waals surface area contributed by atoms with Gasteiger partial charge in [-0.3, -0.25) is 8.98 Å². The van der Waals surface area contributed by atoms with Crippen molar-refractivity contribution in [1.29, 1.82) is 0 Å². The van der Waals surface area contributed by atoms with Crippen LogP contribution in [0.3, 0.4) is 0 Å². The Bertz CT molecular complexity index is 741. The molecule has 0 saturated carbocycles. The van der Waals surface area contributed by atoms with E-state index in [0.717, 1.165) is 11.8 Å². The minimum absolute atomic E-state index is 0.160. The van der Waals surface area contributed by atoms with Gasteiger partial charge < -0.3 is 4.74 Å². The molecule has 2 aromatic carbocycles. The van der Waals surface area contributed by atoms with Crippen LogP contribution in [0.4, 0.5) is 0 Å². The van der Waals surface area contributed by atoms with Crippen molar-refractivity contribution in [2.24, 2.45) is 0 Å². The van der Waals surface area contributed by atoms with Crippen LogP contribution in [0.1, 0.15) is 22.3 Å². The molecule has 0 aliphatic carbocycles. The van der Waals surface area contributed by atoms with Gasteiger partial charge in [-0.05, 0) is 5.56 Å². The van der Waals surface area contributed by atoms with Crippen molar-refractivity contribution in [1.82, 2.24) is 0 Å². The Morgan fingerprint density at radius 1 is 1.00 bits per heavy atom. The number of carbonyl (C=O) groups is 1. The molecular weight excluding hydrogens is 328 g/mol. The van der Waals surface area contributed by atoms with Gasteiger partial charge in [-0.1, -0.05) is 60.7 Å². The second-order valence-corrected chi connectivity index (χ2v) is 6.95. The number of rotatable bonds is 9. The smallest absolute Gasteiger partial charge is 0.265 e. The summed E-state index contributed by atoms with van der Waals surface area (Å²) in [7, 11) is -3.74. The molecule has 1 atom stereocenters. The lowest BCUT2D eigenvalue weighted by atomic mass is 10.0. The first kappa shape index (κ1) is 18.3. The Hall–Kier alpha value is -2.02. The van der Waals surface area contributed by atoms with Gasteiger partial charge in [0.05, 0.1) is 19.5 Å². The van der Waals surface area contributed by atoms with Crippen molar-refractivity contribution in [2.75, 3.05) is 12.9 Å². The number of ketones is 1. The molecule has 2 aromatic rings. The summed E-state index contributed by atoms with van der Waals surface area (Å²) in [5.41, 5.74) is 1.42. The average molecular weight is 348 g/mol. The van der Waals surface area contributed by atoms with Crippen LogP contribution >= 0.6 is 0 Å². The predicted octanol–water partition coefficient (Wildman–Crippen LogP) is 2.82. The summed E-state index contributed by atoms with van der Waals surface area (Å²) in [6, 6.07) is 18.1. The number of ether oxygens (including phenoxy) is 1. The third-order valence-electron chi connectivity index (χ3n) is 3.28. The quantitative estimate of drug-likeness (QED) is 0.396. The number of benzene rings is 2. The van der Waals surface area contributed by atoms with Gasteiger partial charge in [-0.2, -0.15) is 8.42 Å². The van der Waals surface area contributed by atoms with Gasteiger partial charge in [0, 0.05) is 12.0 Å². The molecule has 2 rings (SSSR count). The number of carbonyl (C=O) groups excluding carboxylic acids is 1. The molecule has 5 nitrogen and oxygen atoms in total. The third kappa shape index (κ3) is 6.23. The minimum atomic E-state index is -3.74. The first-order chi connectivity index (χ1) is 11.5. The van der Waals surface area contributed by atoms with Gasteiger partial charge in [0.25, 0.3) is 10.1 Å². The van der Waals surface area contributed by atoms with E-state index < -0.39 is 16.2 Å². The lowest BCUT2D eigenvalue weighted by molar-refractivity contribution is 0.0633. The zero-order valence-corrected chi connectivity index (χ0v) is 14.2. The van der Waals surface area contributed by atoms with E-state index in [1.807, 2.05) is 30.3 Å². The molecular formula is C18H20O5S. The van der Waals surface area contributed by atoms with Gasteiger partial charge >= 0.3 is 0 Å². The zero-order valence-electron chi connectivity index (χ0n) is 13.4. The van der Waals surface area contributed by atoms with Crippen molar-refractivity contribution < 1.29 is 22.1 Å². The van der Waals surface area contributed by atoms with Crippen molar-refractivity contribution in [3.63, 3.8) is 0 Å². The summed E-state index contributed by atoms with van der Waals surface area (Å²) in [6.07, 6.45) is 0.00895. The standard InChI is InChI=1S/C18H20O5S/c1-24(20,21)23-17(18(19)16-10-6-3-7-11-16)12-13-22-14-15-8-4-2-5-9-15/h2-11,17H,12-14H2,1H3. The van der Waals surface area contributed by atoms with Crippen LogP contribution in [0.5, 0.6) is 0 Å². The predicted molar refractivity (Wildman–Crippen MR) is 91.2 cm³/mol. The van der Waals surface area contributed by atoms with Gasteiger partial charge in [-0.15, -0.1) is 0 Å². The number of hydrogen-bond donors (Lipinski definition) is 0. The molecule has 0 radical (unpaired) electrons. The van der Waals surface area contributed by atoms with E-state index in [1.165, 1.54) is 0 Å². The van der Waals surface area contributed by atoms with Crippen molar-refractivity contribution in [2.45, 2.75) is 19.1 Å². The molecule has 0 spiro atoms. The second kappa shape index (κ2) is 8.73. The van der Waals surface area contributed by atoms with Crippen LogP contribution in [-0.4, -0.2) is 33.2 Å². The minimum Gasteiger partial charge on any atom is -0.377 e. The number of hydrogen-bond acceptors (Lipinski definition) is 5. The molecule has 1 unspecified atom stereocenters. The summed E-state index contributed by atoms with van der Waals surface area (Å²) in [5, 5.41) is 0. The Morgan fingerprint density at radius 2 is 1.58 bits per heavy atom. The van der Waals surface area contributed by atoms with E-state index in [1.54, 1.807) is 30.3 Å². The average Bonchev–Trinajstić information content (AvgIpc) is 2.57. The fourth-order valence-electron chi connectivity index (χ4n) is 2.18. The summed E-state index contributed by atoms with van der Waals surface area (Å²) >= 11 is 0. The SMILES string of the molecule is CS(=O)(=O)OC(CCOCc1ccccc1)C(=O)c1ccccc1. The Balaban J connectivity index is 1.95. The Morgan fingerprint density at radius 3 is 2.17 bits per heavy atom. The molecule has 0 aliphatic heterocycles. The normalized spacial score (nSPS) is 12.7. The van der Waals surface area contributed by atoms with E-state index >= 15 is 0 Å². The Labute approximate surface area is 142 Å². The maximum atomic E-state index is 12.4. The lowest BCUT2D eigenvalue weighted by Crippen LogP contribution is -2.28. The highest BCUT2D eigenvalue weighted by molar-refractivity contribution is 7.86. The maximum absolute atomic E-state index is 12.4. The summed E-state index contributed by atoms with van der Waals surface area (Å²) < 4.78 is 33.3. The third-order valence-corrected chi connectivity index (χ3v) is 3.86. The van der Waals surface area contributed by atoms with Crippen LogP contribution < -0.4 is 0 Å². The fourth-order valence-corrected chi connectivity index (χ4v) is 2.78. The molecule has 0 aliphatic rings. The van der Waals surface area contributed by atoms with E-state index in [0.29, 0.717) is 12.2 Å². The van der Waals surface area contributed by atoms with Crippen molar-refractivity contribution in [3.8, 4) is 0 Å². The second-order valence-electron chi connectivity index (χ2n) is 5.35. The topological polar surface area (TPSA) is 69.7 Å². The van der Waals surface area contributed by atoms with Crippen LogP contribution in [-0.2, 0) is 25.6 Å². The van der Waals surface area contributed by atoms with E-state index in [4.69, 9.17) is 8.92 Å². The highest BCUT2D eigenvalue weighted by Crippen LogP contribution is 2.13. The molecule has 24 heavy (non-hydrogen) atoms. The van der Waals surface area contributed by atoms with Gasteiger partial charge in [0.2, 0.25) is 0 Å². The van der Waals surface area contributed by atoms with Crippen LogP contribution in [0, 0.1) is 0 Å². The largest absolute Gasteiger partial charge is 0.377 e. The van der Waals surface area contributed by atoms with Gasteiger partial charge in [-0.25, -0.2) is 0 Å². The van der Waals surface area contributed by atoms with Crippen LogP contribution in [0.25, 0.3) is 0 Å². The Kier molecular flexibility index (Phi) is 6.66. The molecule has 6 heteroatoms. The lowest BCUT2D eigenvalue weighted by Gasteiger charge is -2.15. The first-order valence-corrected chi connectivity index (χ1v) is 9.36. The zero-order chi connectivity index (χ0) is 17.4. The van der Waals surface area contributed by atoms with Crippen LogP contribution in [0.15, 0.2) is 60.7 Å². The van der Waals surface area contributed by atoms with Crippen molar-refractivity contribution in [3.05, 3.63) is 71.8 Å². The highest BCUT2D eigenvalue weighted by Gasteiger charge is 2.24. The maximum Gasteiger partial charge on any atom is 0.265 e. The van der Waals surface area contributed by atoms with E-state index in [9.17, 15) is 13.2 Å². The molecule has 128 valence electrons.